The van der Waals surface area contributed by atoms with Crippen molar-refractivity contribution in [2.45, 2.75) is 75.1 Å². The molecule has 0 aromatic heterocycles. The number of hydrogen-bond donors (Lipinski definition) is 0. The number of rotatable bonds is 16. The lowest BCUT2D eigenvalue weighted by atomic mass is 10.0. The number of esters is 5. The highest BCUT2D eigenvalue weighted by molar-refractivity contribution is 8.16. The number of benzene rings is 2. The zero-order valence-electron chi connectivity index (χ0n) is 24.2. The molecule has 0 heterocycles. The minimum Gasteiger partial charge on any atom is -0.462 e. The van der Waals surface area contributed by atoms with Gasteiger partial charge < -0.3 is 23.7 Å². The molecule has 0 aliphatic heterocycles. The summed E-state index contributed by atoms with van der Waals surface area (Å²) in [6, 6.07) is 19.2. The van der Waals surface area contributed by atoms with E-state index in [1.807, 2.05) is 60.7 Å². The normalized spacial score (nSPS) is 13.7. The molecule has 228 valence electrons. The van der Waals surface area contributed by atoms with Crippen LogP contribution in [0.3, 0.4) is 0 Å². The molecule has 0 bridgehead atoms. The van der Waals surface area contributed by atoms with Gasteiger partial charge in [0, 0.05) is 46.1 Å². The fourth-order valence-corrected chi connectivity index (χ4v) is 6.57. The second-order valence-electron chi connectivity index (χ2n) is 9.13. The molecule has 0 aliphatic rings. The van der Waals surface area contributed by atoms with Gasteiger partial charge in [-0.2, -0.15) is 0 Å². The average Bonchev–Trinajstić information content (AvgIpc) is 2.92. The first-order valence-corrected chi connectivity index (χ1v) is 15.2. The van der Waals surface area contributed by atoms with Gasteiger partial charge in [0.05, 0.1) is 4.58 Å². The first-order chi connectivity index (χ1) is 20.0. The van der Waals surface area contributed by atoms with Crippen LogP contribution in [0, 0.1) is 0 Å². The molecular weight excluding hydrogens is 584 g/mol. The molecule has 0 saturated carbocycles. The van der Waals surface area contributed by atoms with Crippen molar-refractivity contribution in [3.63, 3.8) is 0 Å². The van der Waals surface area contributed by atoms with Crippen LogP contribution in [0.25, 0.3) is 0 Å². The summed E-state index contributed by atoms with van der Waals surface area (Å²) >= 11 is 2.88. The van der Waals surface area contributed by atoms with Gasteiger partial charge in [-0.1, -0.05) is 60.7 Å². The molecule has 2 rings (SSSR count). The quantitative estimate of drug-likeness (QED) is 0.149. The van der Waals surface area contributed by atoms with Crippen molar-refractivity contribution in [2.24, 2.45) is 0 Å². The minimum atomic E-state index is -1.49. The number of carbonyl (C=O) groups is 5. The molecule has 10 nitrogen and oxygen atoms in total. The molecule has 0 radical (unpaired) electrons. The van der Waals surface area contributed by atoms with E-state index >= 15 is 0 Å². The lowest BCUT2D eigenvalue weighted by Gasteiger charge is -2.38. The van der Waals surface area contributed by atoms with E-state index < -0.39 is 65.5 Å². The van der Waals surface area contributed by atoms with Crippen molar-refractivity contribution in [1.82, 2.24) is 0 Å². The Balaban J connectivity index is 2.60. The monoisotopic (exact) mass is 620 g/mol. The van der Waals surface area contributed by atoms with Gasteiger partial charge in [0.1, 0.15) is 6.61 Å². The fourth-order valence-electron chi connectivity index (χ4n) is 3.88. The summed E-state index contributed by atoms with van der Waals surface area (Å²) in [5.74, 6) is -2.64. The third-order valence-electron chi connectivity index (χ3n) is 5.47. The van der Waals surface area contributed by atoms with Crippen molar-refractivity contribution < 1.29 is 47.7 Å². The Morgan fingerprint density at radius 3 is 1.36 bits per heavy atom. The number of hydrogen-bond acceptors (Lipinski definition) is 12. The Morgan fingerprint density at radius 1 is 0.548 bits per heavy atom. The van der Waals surface area contributed by atoms with E-state index in [1.165, 1.54) is 30.4 Å². The molecule has 2 aromatic carbocycles. The highest BCUT2D eigenvalue weighted by Crippen LogP contribution is 2.37. The van der Waals surface area contributed by atoms with Gasteiger partial charge in [-0.05, 0) is 11.1 Å². The van der Waals surface area contributed by atoms with Crippen LogP contribution in [0.4, 0.5) is 0 Å². The van der Waals surface area contributed by atoms with E-state index in [0.717, 1.165) is 38.8 Å². The summed E-state index contributed by atoms with van der Waals surface area (Å²) in [5, 5.41) is 0. The number of carbonyl (C=O) groups excluding carboxylic acids is 5. The second-order valence-corrected chi connectivity index (χ2v) is 11.7. The van der Waals surface area contributed by atoms with E-state index in [-0.39, 0.29) is 0 Å². The van der Waals surface area contributed by atoms with Gasteiger partial charge in [-0.3, -0.25) is 24.0 Å². The second kappa shape index (κ2) is 18.1. The van der Waals surface area contributed by atoms with Crippen molar-refractivity contribution >= 4 is 53.4 Å². The van der Waals surface area contributed by atoms with Crippen LogP contribution in [-0.4, -0.2) is 65.5 Å². The molecule has 0 aliphatic carbocycles. The number of ether oxygens (including phenoxy) is 5. The Hall–Kier alpha value is -3.51. The minimum absolute atomic E-state index is 0.504. The smallest absolute Gasteiger partial charge is 0.303 e. The first-order valence-electron chi connectivity index (χ1n) is 13.1. The van der Waals surface area contributed by atoms with E-state index in [0.29, 0.717) is 11.5 Å². The van der Waals surface area contributed by atoms with Crippen LogP contribution in [0.1, 0.15) is 45.7 Å². The summed E-state index contributed by atoms with van der Waals surface area (Å²) in [6.07, 6.45) is -5.49. The first kappa shape index (κ1) is 34.7. The van der Waals surface area contributed by atoms with E-state index in [1.54, 1.807) is 0 Å². The summed E-state index contributed by atoms with van der Waals surface area (Å²) in [6.45, 7) is 5.27. The predicted octanol–water partition coefficient (Wildman–Crippen LogP) is 4.47. The molecule has 0 N–H and O–H groups in total. The van der Waals surface area contributed by atoms with Gasteiger partial charge in [-0.15, -0.1) is 23.5 Å². The summed E-state index contributed by atoms with van der Waals surface area (Å²) in [5.41, 5.74) is 2.00. The fraction of sp³-hybridized carbons (Fsp3) is 0.433. The third-order valence-corrected chi connectivity index (χ3v) is 8.48. The Bertz CT molecular complexity index is 1130. The molecular formula is C30H36O10S2. The van der Waals surface area contributed by atoms with Crippen LogP contribution >= 0.6 is 23.5 Å². The van der Waals surface area contributed by atoms with Crippen LogP contribution in [0.2, 0.25) is 0 Å². The van der Waals surface area contributed by atoms with Gasteiger partial charge in [0.2, 0.25) is 0 Å². The molecule has 0 fully saturated rings. The topological polar surface area (TPSA) is 132 Å². The van der Waals surface area contributed by atoms with Crippen molar-refractivity contribution in [3.05, 3.63) is 71.8 Å². The Kier molecular flexibility index (Phi) is 15.0. The average molecular weight is 621 g/mol. The predicted molar refractivity (Wildman–Crippen MR) is 158 cm³/mol. The zero-order chi connectivity index (χ0) is 31.1. The van der Waals surface area contributed by atoms with Crippen LogP contribution < -0.4 is 0 Å². The Morgan fingerprint density at radius 2 is 0.952 bits per heavy atom. The molecule has 12 heteroatoms. The van der Waals surface area contributed by atoms with Gasteiger partial charge in [0.15, 0.2) is 24.4 Å². The molecule has 0 amide bonds. The molecule has 42 heavy (non-hydrogen) atoms. The van der Waals surface area contributed by atoms with Crippen LogP contribution in [0.15, 0.2) is 60.7 Å². The largest absolute Gasteiger partial charge is 0.462 e. The lowest BCUT2D eigenvalue weighted by Crippen LogP contribution is -2.55. The van der Waals surface area contributed by atoms with Crippen molar-refractivity contribution in [3.8, 4) is 0 Å². The van der Waals surface area contributed by atoms with Gasteiger partial charge >= 0.3 is 29.8 Å². The maximum absolute atomic E-state index is 12.5. The highest BCUT2D eigenvalue weighted by atomic mass is 32.2. The van der Waals surface area contributed by atoms with E-state index in [2.05, 4.69) is 0 Å². The maximum Gasteiger partial charge on any atom is 0.303 e. The zero-order valence-corrected chi connectivity index (χ0v) is 25.8. The van der Waals surface area contributed by atoms with E-state index in [4.69, 9.17) is 23.7 Å². The molecule has 0 saturated heterocycles. The third kappa shape index (κ3) is 13.0. The molecule has 0 spiro atoms. The summed E-state index contributed by atoms with van der Waals surface area (Å²) in [4.78, 5) is 60.8. The van der Waals surface area contributed by atoms with Gasteiger partial charge in [0.25, 0.3) is 0 Å². The Labute approximate surface area is 254 Å². The molecule has 2 aromatic rings. The summed E-state index contributed by atoms with van der Waals surface area (Å²) < 4.78 is 26.9. The molecule has 4 atom stereocenters. The standard InChI is InChI=1S/C30H36O10S2/c1-19(31)36-16-26(37-20(2)32)27(38-21(3)33)28(39-22(4)34)29(40-23(5)35)30(41-17-24-12-8-6-9-13-24)42-18-25-14-10-7-11-15-25/h6-15,26-30H,16-18H2,1-5H3/t26-,27-,28-,29-/m0/s1. The molecule has 0 unspecified atom stereocenters. The van der Waals surface area contributed by atoms with E-state index in [9.17, 15) is 24.0 Å². The number of thioether (sulfide) groups is 2. The van der Waals surface area contributed by atoms with Gasteiger partial charge in [-0.25, -0.2) is 0 Å². The lowest BCUT2D eigenvalue weighted by molar-refractivity contribution is -0.201. The summed E-state index contributed by atoms with van der Waals surface area (Å²) in [7, 11) is 0. The van der Waals surface area contributed by atoms with Crippen molar-refractivity contribution in [1.29, 1.82) is 0 Å². The van der Waals surface area contributed by atoms with Crippen LogP contribution in [-0.2, 0) is 59.2 Å². The highest BCUT2D eigenvalue weighted by Gasteiger charge is 2.47. The SMILES string of the molecule is CC(=O)OC[C@H](OC(C)=O)[C@H](OC(C)=O)[C@H](OC(C)=O)[C@H](OC(C)=O)C(SCc1ccccc1)SCc1ccccc1. The van der Waals surface area contributed by atoms with Crippen LogP contribution in [0.5, 0.6) is 0 Å². The maximum atomic E-state index is 12.5. The van der Waals surface area contributed by atoms with Crippen molar-refractivity contribution in [2.75, 3.05) is 6.61 Å².